The smallest absolute Gasteiger partial charge is 0.117 e. The van der Waals surface area contributed by atoms with E-state index in [9.17, 15) is 0 Å². The number of hydrogen-bond donors (Lipinski definition) is 1. The summed E-state index contributed by atoms with van der Waals surface area (Å²) in [4.78, 5) is 2.39. The van der Waals surface area contributed by atoms with Crippen LogP contribution < -0.4 is 5.32 Å². The van der Waals surface area contributed by atoms with Gasteiger partial charge in [-0.1, -0.05) is 13.8 Å². The zero-order valence-corrected chi connectivity index (χ0v) is 12.8. The first-order chi connectivity index (χ1) is 9.81. The van der Waals surface area contributed by atoms with Crippen molar-refractivity contribution in [2.75, 3.05) is 26.2 Å². The first-order valence-corrected chi connectivity index (χ1v) is 7.92. The first kappa shape index (κ1) is 15.5. The van der Waals surface area contributed by atoms with Gasteiger partial charge in [-0.05, 0) is 44.5 Å². The van der Waals surface area contributed by atoms with Crippen molar-refractivity contribution < 1.29 is 9.15 Å². The van der Waals surface area contributed by atoms with Crippen molar-refractivity contribution >= 4 is 0 Å². The molecule has 2 atom stereocenters. The summed E-state index contributed by atoms with van der Waals surface area (Å²) < 4.78 is 11.5. The zero-order chi connectivity index (χ0) is 14.2. The van der Waals surface area contributed by atoms with E-state index in [0.29, 0.717) is 12.2 Å². The normalized spacial score (nSPS) is 22.8. The lowest BCUT2D eigenvalue weighted by Gasteiger charge is -2.23. The van der Waals surface area contributed by atoms with Gasteiger partial charge >= 0.3 is 0 Å². The third-order valence-corrected chi connectivity index (χ3v) is 3.86. The Morgan fingerprint density at radius 2 is 2.15 bits per heavy atom. The van der Waals surface area contributed by atoms with Crippen molar-refractivity contribution in [3.63, 3.8) is 0 Å². The number of hydrogen-bond acceptors (Lipinski definition) is 4. The van der Waals surface area contributed by atoms with Crippen molar-refractivity contribution in [2.24, 2.45) is 0 Å². The third-order valence-electron chi connectivity index (χ3n) is 3.86. The minimum Gasteiger partial charge on any atom is -0.468 e. The molecule has 4 nitrogen and oxygen atoms in total. The number of ether oxygens (including phenoxy) is 1. The summed E-state index contributed by atoms with van der Waals surface area (Å²) in [6.45, 7) is 9.37. The Kier molecular flexibility index (Phi) is 6.57. The Morgan fingerprint density at radius 1 is 1.30 bits per heavy atom. The average molecular weight is 280 g/mol. The molecule has 0 aromatic carbocycles. The molecule has 1 aliphatic heterocycles. The molecule has 1 fully saturated rings. The van der Waals surface area contributed by atoms with Crippen LogP contribution in [-0.2, 0) is 11.3 Å². The largest absolute Gasteiger partial charge is 0.468 e. The van der Waals surface area contributed by atoms with Crippen LogP contribution in [-0.4, -0.2) is 43.3 Å². The van der Waals surface area contributed by atoms with Crippen LogP contribution in [0.5, 0.6) is 0 Å². The van der Waals surface area contributed by atoms with Crippen molar-refractivity contribution in [1.82, 2.24) is 10.2 Å². The number of rotatable bonds is 9. The second-order valence-electron chi connectivity index (χ2n) is 5.57. The molecule has 4 heteroatoms. The Labute approximate surface area is 122 Å². The van der Waals surface area contributed by atoms with E-state index < -0.39 is 0 Å². The van der Waals surface area contributed by atoms with Gasteiger partial charge in [-0.2, -0.15) is 0 Å². The number of likely N-dealkylation sites (N-methyl/N-ethyl adjacent to an activating group) is 1. The van der Waals surface area contributed by atoms with Crippen LogP contribution >= 0.6 is 0 Å². The molecule has 0 radical (unpaired) electrons. The number of nitrogens with zero attached hydrogens (tertiary/aromatic N) is 1. The van der Waals surface area contributed by atoms with Crippen LogP contribution in [0.25, 0.3) is 0 Å². The first-order valence-electron chi connectivity index (χ1n) is 7.92. The van der Waals surface area contributed by atoms with Crippen molar-refractivity contribution in [2.45, 2.75) is 51.9 Å². The van der Waals surface area contributed by atoms with Crippen LogP contribution in [0.15, 0.2) is 22.8 Å². The predicted molar refractivity (Wildman–Crippen MR) is 80.7 cm³/mol. The second-order valence-corrected chi connectivity index (χ2v) is 5.57. The highest BCUT2D eigenvalue weighted by atomic mass is 16.5. The summed E-state index contributed by atoms with van der Waals surface area (Å²) in [5, 5.41) is 3.45. The molecule has 0 spiro atoms. The molecule has 0 amide bonds. The van der Waals surface area contributed by atoms with E-state index in [4.69, 9.17) is 9.15 Å². The van der Waals surface area contributed by atoms with Gasteiger partial charge in [-0.3, -0.25) is 4.90 Å². The molecule has 1 aromatic rings. The molecule has 1 N–H and O–H groups in total. The molecule has 2 rings (SSSR count). The van der Waals surface area contributed by atoms with Gasteiger partial charge in [0.1, 0.15) is 5.76 Å². The van der Waals surface area contributed by atoms with E-state index in [1.165, 1.54) is 19.3 Å². The van der Waals surface area contributed by atoms with Gasteiger partial charge in [0, 0.05) is 13.1 Å². The molecule has 20 heavy (non-hydrogen) atoms. The number of nitrogens with one attached hydrogen (secondary N) is 1. The lowest BCUT2D eigenvalue weighted by atomic mass is 10.2. The van der Waals surface area contributed by atoms with Crippen molar-refractivity contribution in [1.29, 1.82) is 0 Å². The third kappa shape index (κ3) is 4.93. The standard InChI is InChI=1S/C16H28N2O2/c1-3-9-17-11-14-7-8-16(20-14)13-18(4-2)12-15-6-5-10-19-15/h5-6,10,14,16-17H,3-4,7-9,11-13H2,1-2H3. The fraction of sp³-hybridized carbons (Fsp3) is 0.750. The van der Waals surface area contributed by atoms with E-state index in [2.05, 4.69) is 24.1 Å². The summed E-state index contributed by atoms with van der Waals surface area (Å²) in [6.07, 6.45) is 6.05. The highest BCUT2D eigenvalue weighted by molar-refractivity contribution is 4.98. The van der Waals surface area contributed by atoms with Crippen molar-refractivity contribution in [3.8, 4) is 0 Å². The highest BCUT2D eigenvalue weighted by Gasteiger charge is 2.26. The molecule has 1 aliphatic rings. The zero-order valence-electron chi connectivity index (χ0n) is 12.8. The maximum atomic E-state index is 6.12. The lowest BCUT2D eigenvalue weighted by molar-refractivity contribution is 0.0218. The SMILES string of the molecule is CCCNCC1CCC(CN(CC)Cc2ccco2)O1. The fourth-order valence-electron chi connectivity index (χ4n) is 2.72. The molecule has 2 unspecified atom stereocenters. The maximum absolute atomic E-state index is 6.12. The minimum atomic E-state index is 0.373. The molecular weight excluding hydrogens is 252 g/mol. The second kappa shape index (κ2) is 8.45. The molecule has 1 aromatic heterocycles. The van der Waals surface area contributed by atoms with Crippen LogP contribution in [0.2, 0.25) is 0 Å². The summed E-state index contributed by atoms with van der Waals surface area (Å²) in [5.41, 5.74) is 0. The minimum absolute atomic E-state index is 0.373. The Balaban J connectivity index is 1.69. The van der Waals surface area contributed by atoms with Gasteiger partial charge in [-0.25, -0.2) is 0 Å². The summed E-state index contributed by atoms with van der Waals surface area (Å²) in [7, 11) is 0. The topological polar surface area (TPSA) is 37.6 Å². The molecule has 0 saturated carbocycles. The Hall–Kier alpha value is -0.840. The molecule has 0 bridgehead atoms. The summed E-state index contributed by atoms with van der Waals surface area (Å²) >= 11 is 0. The quantitative estimate of drug-likeness (QED) is 0.706. The van der Waals surface area contributed by atoms with Gasteiger partial charge in [0.25, 0.3) is 0 Å². The molecule has 1 saturated heterocycles. The summed E-state index contributed by atoms with van der Waals surface area (Å²) in [6, 6.07) is 3.99. The van der Waals surface area contributed by atoms with Crippen LogP contribution in [0, 0.1) is 0 Å². The van der Waals surface area contributed by atoms with E-state index in [-0.39, 0.29) is 0 Å². The monoisotopic (exact) mass is 280 g/mol. The van der Waals surface area contributed by atoms with Gasteiger partial charge in [0.15, 0.2) is 0 Å². The maximum Gasteiger partial charge on any atom is 0.117 e. The summed E-state index contributed by atoms with van der Waals surface area (Å²) in [5.74, 6) is 1.03. The molecule has 114 valence electrons. The van der Waals surface area contributed by atoms with E-state index in [1.807, 2.05) is 12.1 Å². The highest BCUT2D eigenvalue weighted by Crippen LogP contribution is 2.20. The van der Waals surface area contributed by atoms with E-state index in [1.54, 1.807) is 6.26 Å². The Bertz CT molecular complexity index is 353. The predicted octanol–water partition coefficient (Wildman–Crippen LogP) is 2.65. The van der Waals surface area contributed by atoms with Crippen LogP contribution in [0.3, 0.4) is 0 Å². The van der Waals surface area contributed by atoms with Crippen molar-refractivity contribution in [3.05, 3.63) is 24.2 Å². The van der Waals surface area contributed by atoms with E-state index in [0.717, 1.165) is 38.5 Å². The fourth-order valence-corrected chi connectivity index (χ4v) is 2.72. The van der Waals surface area contributed by atoms with Gasteiger partial charge < -0.3 is 14.5 Å². The molecule has 2 heterocycles. The van der Waals surface area contributed by atoms with Gasteiger partial charge in [-0.15, -0.1) is 0 Å². The van der Waals surface area contributed by atoms with Gasteiger partial charge in [0.2, 0.25) is 0 Å². The molecule has 0 aliphatic carbocycles. The Morgan fingerprint density at radius 3 is 2.85 bits per heavy atom. The van der Waals surface area contributed by atoms with Gasteiger partial charge in [0.05, 0.1) is 25.0 Å². The van der Waals surface area contributed by atoms with E-state index >= 15 is 0 Å². The number of furan rings is 1. The van der Waals surface area contributed by atoms with Crippen LogP contribution in [0.4, 0.5) is 0 Å². The average Bonchev–Trinajstić information content (AvgIpc) is 3.10. The van der Waals surface area contributed by atoms with Crippen LogP contribution in [0.1, 0.15) is 38.9 Å². The molecular formula is C16H28N2O2. The lowest BCUT2D eigenvalue weighted by Crippen LogP contribution is -2.33.